The van der Waals surface area contributed by atoms with Crippen molar-refractivity contribution < 1.29 is 19.1 Å². The highest BCUT2D eigenvalue weighted by molar-refractivity contribution is 5.86. The van der Waals surface area contributed by atoms with E-state index in [0.717, 1.165) is 30.8 Å². The summed E-state index contributed by atoms with van der Waals surface area (Å²) in [4.78, 5) is 28.4. The number of piperazine rings is 1. The molecule has 0 bridgehead atoms. The van der Waals surface area contributed by atoms with Gasteiger partial charge in [0.05, 0.1) is 13.7 Å². The number of carbonyl (C=O) groups excluding carboxylic acids is 2. The van der Waals surface area contributed by atoms with Crippen molar-refractivity contribution >= 4 is 11.8 Å². The number of ether oxygens (including phenoxy) is 2. The Morgan fingerprint density at radius 1 is 1.28 bits per heavy atom. The van der Waals surface area contributed by atoms with Gasteiger partial charge in [0.25, 0.3) is 0 Å². The summed E-state index contributed by atoms with van der Waals surface area (Å²) in [5, 5.41) is 0. The first-order valence-electron chi connectivity index (χ1n) is 8.92. The van der Waals surface area contributed by atoms with Crippen LogP contribution < -0.4 is 4.74 Å². The number of nitrogens with zero attached hydrogens (tertiary/aromatic N) is 2. The van der Waals surface area contributed by atoms with Crippen LogP contribution >= 0.6 is 0 Å². The number of amides is 2. The van der Waals surface area contributed by atoms with E-state index >= 15 is 0 Å². The van der Waals surface area contributed by atoms with E-state index in [0.29, 0.717) is 38.6 Å². The predicted molar refractivity (Wildman–Crippen MR) is 93.2 cm³/mol. The third-order valence-corrected chi connectivity index (χ3v) is 4.92. The largest absolute Gasteiger partial charge is 0.497 e. The van der Waals surface area contributed by atoms with Crippen LogP contribution in [-0.2, 0) is 20.9 Å². The van der Waals surface area contributed by atoms with Gasteiger partial charge in [0.1, 0.15) is 5.75 Å². The van der Waals surface area contributed by atoms with E-state index in [2.05, 4.69) is 0 Å². The van der Waals surface area contributed by atoms with Crippen molar-refractivity contribution in [2.45, 2.75) is 25.8 Å². The standard InChI is InChI=1S/C19H26N2O4/c1-24-17-6-4-15(5-7-17)12-20-8-9-21(13-19(20)23)18(22)11-16-3-2-10-25-14-16/h4-7,16H,2-3,8-14H2,1H3/t16-/m0/s1. The van der Waals surface area contributed by atoms with Crippen molar-refractivity contribution in [2.24, 2.45) is 5.92 Å². The van der Waals surface area contributed by atoms with Gasteiger partial charge in [-0.05, 0) is 36.5 Å². The molecule has 6 nitrogen and oxygen atoms in total. The van der Waals surface area contributed by atoms with Crippen LogP contribution in [0.3, 0.4) is 0 Å². The Morgan fingerprint density at radius 3 is 2.72 bits per heavy atom. The molecule has 0 saturated carbocycles. The number of carbonyl (C=O) groups is 2. The first-order chi connectivity index (χ1) is 12.2. The molecule has 2 amide bonds. The molecular weight excluding hydrogens is 320 g/mol. The SMILES string of the molecule is COc1ccc(CN2CCN(C(=O)C[C@@H]3CCCOC3)CC2=O)cc1. The van der Waals surface area contributed by atoms with Crippen LogP contribution in [0.5, 0.6) is 5.75 Å². The molecule has 2 fully saturated rings. The van der Waals surface area contributed by atoms with Crippen LogP contribution in [-0.4, -0.2) is 61.6 Å². The van der Waals surface area contributed by atoms with Crippen LogP contribution in [0.15, 0.2) is 24.3 Å². The van der Waals surface area contributed by atoms with Gasteiger partial charge in [-0.1, -0.05) is 12.1 Å². The van der Waals surface area contributed by atoms with Gasteiger partial charge in [0, 0.05) is 39.3 Å². The Balaban J connectivity index is 1.49. The van der Waals surface area contributed by atoms with E-state index < -0.39 is 0 Å². The summed E-state index contributed by atoms with van der Waals surface area (Å²) >= 11 is 0. The highest BCUT2D eigenvalue weighted by atomic mass is 16.5. The highest BCUT2D eigenvalue weighted by Crippen LogP contribution is 2.19. The fraction of sp³-hybridized carbons (Fsp3) is 0.579. The smallest absolute Gasteiger partial charge is 0.242 e. The maximum absolute atomic E-state index is 12.4. The van der Waals surface area contributed by atoms with E-state index in [4.69, 9.17) is 9.47 Å². The van der Waals surface area contributed by atoms with Gasteiger partial charge < -0.3 is 19.3 Å². The molecule has 0 radical (unpaired) electrons. The number of benzene rings is 1. The van der Waals surface area contributed by atoms with Crippen LogP contribution in [0, 0.1) is 5.92 Å². The lowest BCUT2D eigenvalue weighted by Crippen LogP contribution is -2.52. The Bertz CT molecular complexity index is 596. The first kappa shape index (κ1) is 17.7. The average Bonchev–Trinajstić information content (AvgIpc) is 2.65. The molecule has 0 N–H and O–H groups in total. The maximum Gasteiger partial charge on any atom is 0.242 e. The van der Waals surface area contributed by atoms with E-state index in [-0.39, 0.29) is 18.4 Å². The molecule has 2 heterocycles. The molecule has 0 aliphatic carbocycles. The number of hydrogen-bond donors (Lipinski definition) is 0. The molecule has 25 heavy (non-hydrogen) atoms. The van der Waals surface area contributed by atoms with E-state index in [9.17, 15) is 9.59 Å². The van der Waals surface area contributed by atoms with Crippen LogP contribution in [0.4, 0.5) is 0 Å². The lowest BCUT2D eigenvalue weighted by molar-refractivity contribution is -0.146. The zero-order chi connectivity index (χ0) is 17.6. The van der Waals surface area contributed by atoms with Crippen molar-refractivity contribution in [3.63, 3.8) is 0 Å². The van der Waals surface area contributed by atoms with Crippen molar-refractivity contribution in [2.75, 3.05) is 40.0 Å². The molecule has 1 aromatic carbocycles. The minimum atomic E-state index is 0.00955. The van der Waals surface area contributed by atoms with Gasteiger partial charge in [-0.25, -0.2) is 0 Å². The van der Waals surface area contributed by atoms with Gasteiger partial charge in [-0.3, -0.25) is 9.59 Å². The summed E-state index contributed by atoms with van der Waals surface area (Å²) in [5.74, 6) is 1.19. The quantitative estimate of drug-likeness (QED) is 0.814. The zero-order valence-corrected chi connectivity index (χ0v) is 14.8. The number of methoxy groups -OCH3 is 1. The van der Waals surface area contributed by atoms with Crippen molar-refractivity contribution in [3.8, 4) is 5.75 Å². The Morgan fingerprint density at radius 2 is 2.08 bits per heavy atom. The Kier molecular flexibility index (Phi) is 5.91. The third kappa shape index (κ3) is 4.72. The van der Waals surface area contributed by atoms with E-state index in [1.807, 2.05) is 29.2 Å². The summed E-state index contributed by atoms with van der Waals surface area (Å²) in [7, 11) is 1.63. The molecule has 1 aromatic rings. The highest BCUT2D eigenvalue weighted by Gasteiger charge is 2.28. The van der Waals surface area contributed by atoms with Gasteiger partial charge in [-0.15, -0.1) is 0 Å². The van der Waals surface area contributed by atoms with Crippen LogP contribution in [0.25, 0.3) is 0 Å². The zero-order valence-electron chi connectivity index (χ0n) is 14.8. The number of hydrogen-bond acceptors (Lipinski definition) is 4. The van der Waals surface area contributed by atoms with Gasteiger partial charge >= 0.3 is 0 Å². The summed E-state index contributed by atoms with van der Waals surface area (Å²) < 4.78 is 10.6. The van der Waals surface area contributed by atoms with Gasteiger partial charge in [0.2, 0.25) is 11.8 Å². The summed E-state index contributed by atoms with van der Waals surface area (Å²) in [5.41, 5.74) is 1.06. The average molecular weight is 346 g/mol. The lowest BCUT2D eigenvalue weighted by Gasteiger charge is -2.35. The molecule has 0 aromatic heterocycles. The molecule has 2 aliphatic rings. The first-order valence-corrected chi connectivity index (χ1v) is 8.92. The minimum absolute atomic E-state index is 0.00955. The molecule has 3 rings (SSSR count). The summed E-state index contributed by atoms with van der Waals surface area (Å²) in [6.07, 6.45) is 2.55. The molecule has 0 spiro atoms. The monoisotopic (exact) mass is 346 g/mol. The second-order valence-electron chi connectivity index (χ2n) is 6.77. The second kappa shape index (κ2) is 8.34. The van der Waals surface area contributed by atoms with Crippen molar-refractivity contribution in [1.29, 1.82) is 0 Å². The van der Waals surface area contributed by atoms with Gasteiger partial charge in [-0.2, -0.15) is 0 Å². The normalized spacial score (nSPS) is 21.3. The molecule has 1 atom stereocenters. The van der Waals surface area contributed by atoms with E-state index in [1.54, 1.807) is 12.0 Å². The molecule has 2 aliphatic heterocycles. The van der Waals surface area contributed by atoms with Crippen LogP contribution in [0.1, 0.15) is 24.8 Å². The van der Waals surface area contributed by atoms with Crippen LogP contribution in [0.2, 0.25) is 0 Å². The number of rotatable bonds is 5. The maximum atomic E-state index is 12.4. The molecule has 0 unspecified atom stereocenters. The Labute approximate surface area is 148 Å². The second-order valence-corrected chi connectivity index (χ2v) is 6.77. The summed E-state index contributed by atoms with van der Waals surface area (Å²) in [6, 6.07) is 7.72. The van der Waals surface area contributed by atoms with Crippen molar-refractivity contribution in [1.82, 2.24) is 9.80 Å². The fourth-order valence-corrected chi connectivity index (χ4v) is 3.38. The van der Waals surface area contributed by atoms with Gasteiger partial charge in [0.15, 0.2) is 0 Å². The predicted octanol–water partition coefficient (Wildman–Crippen LogP) is 1.68. The lowest BCUT2D eigenvalue weighted by atomic mass is 9.98. The topological polar surface area (TPSA) is 59.1 Å². The van der Waals surface area contributed by atoms with E-state index in [1.165, 1.54) is 0 Å². The fourth-order valence-electron chi connectivity index (χ4n) is 3.38. The van der Waals surface area contributed by atoms with Crippen molar-refractivity contribution in [3.05, 3.63) is 29.8 Å². The molecule has 136 valence electrons. The summed E-state index contributed by atoms with van der Waals surface area (Å²) in [6.45, 7) is 3.40. The minimum Gasteiger partial charge on any atom is -0.497 e. The third-order valence-electron chi connectivity index (χ3n) is 4.92. The molecular formula is C19H26N2O4. The Hall–Kier alpha value is -2.08. The molecule has 2 saturated heterocycles. The molecule has 6 heteroatoms.